The smallest absolute Gasteiger partial charge is 0.0553 e. The number of aromatic nitrogens is 1. The maximum Gasteiger partial charge on any atom is 0.0553 e. The second kappa shape index (κ2) is 4.07. The lowest BCUT2D eigenvalue weighted by molar-refractivity contribution is 0.196. The molecule has 1 atom stereocenters. The molecular weight excluding hydrogens is 186 g/mol. The van der Waals surface area contributed by atoms with Crippen molar-refractivity contribution < 1.29 is 5.11 Å². The second-order valence-electron chi connectivity index (χ2n) is 4.01. The van der Waals surface area contributed by atoms with Crippen molar-refractivity contribution in [3.8, 4) is 0 Å². The van der Waals surface area contributed by atoms with Crippen molar-refractivity contribution in [2.24, 2.45) is 0 Å². The number of aryl methyl sites for hydroxylation is 1. The van der Waals surface area contributed by atoms with E-state index in [2.05, 4.69) is 35.9 Å². The monoisotopic (exact) mass is 203 g/mol. The van der Waals surface area contributed by atoms with E-state index < -0.39 is 0 Å². The molecule has 2 rings (SSSR count). The lowest BCUT2D eigenvalue weighted by Gasteiger charge is -2.01. The van der Waals surface area contributed by atoms with Gasteiger partial charge in [-0.25, -0.2) is 0 Å². The fraction of sp³-hybridized carbons (Fsp3) is 0.385. The van der Waals surface area contributed by atoms with Crippen LogP contribution < -0.4 is 0 Å². The van der Waals surface area contributed by atoms with Crippen molar-refractivity contribution in [3.05, 3.63) is 36.0 Å². The fourth-order valence-corrected chi connectivity index (χ4v) is 2.07. The van der Waals surface area contributed by atoms with Crippen LogP contribution in [0.2, 0.25) is 0 Å². The van der Waals surface area contributed by atoms with Crippen LogP contribution >= 0.6 is 0 Å². The molecule has 1 heterocycles. The fourth-order valence-electron chi connectivity index (χ4n) is 2.07. The molecule has 1 aromatic carbocycles. The summed E-state index contributed by atoms with van der Waals surface area (Å²) in [6.45, 7) is 4.94. The summed E-state index contributed by atoms with van der Waals surface area (Å²) in [7, 11) is 0. The van der Waals surface area contributed by atoms with Crippen LogP contribution in [0.3, 0.4) is 0 Å². The van der Waals surface area contributed by atoms with Gasteiger partial charge in [-0.1, -0.05) is 18.2 Å². The van der Waals surface area contributed by atoms with Crippen LogP contribution in [-0.2, 0) is 13.0 Å². The Bertz CT molecular complexity index is 457. The van der Waals surface area contributed by atoms with Crippen LogP contribution in [0, 0.1) is 0 Å². The molecule has 1 aromatic heterocycles. The van der Waals surface area contributed by atoms with E-state index in [0.717, 1.165) is 13.0 Å². The number of aliphatic hydroxyl groups excluding tert-OH is 1. The van der Waals surface area contributed by atoms with E-state index in [-0.39, 0.29) is 6.10 Å². The molecule has 1 unspecified atom stereocenters. The van der Waals surface area contributed by atoms with E-state index in [1.54, 1.807) is 0 Å². The molecule has 0 saturated heterocycles. The summed E-state index contributed by atoms with van der Waals surface area (Å²) in [6.07, 6.45) is 2.60. The summed E-state index contributed by atoms with van der Waals surface area (Å²) in [5.41, 5.74) is 2.50. The summed E-state index contributed by atoms with van der Waals surface area (Å²) in [4.78, 5) is 0. The lowest BCUT2D eigenvalue weighted by atomic mass is 10.1. The van der Waals surface area contributed by atoms with Gasteiger partial charge in [-0.3, -0.25) is 0 Å². The van der Waals surface area contributed by atoms with Crippen LogP contribution in [-0.4, -0.2) is 15.8 Å². The summed E-state index contributed by atoms with van der Waals surface area (Å²) >= 11 is 0. The van der Waals surface area contributed by atoms with Gasteiger partial charge >= 0.3 is 0 Å². The first-order valence-electron chi connectivity index (χ1n) is 5.47. The third-order valence-electron chi connectivity index (χ3n) is 2.73. The number of nitrogens with zero attached hydrogens (tertiary/aromatic N) is 1. The van der Waals surface area contributed by atoms with Gasteiger partial charge in [0.25, 0.3) is 0 Å². The Morgan fingerprint density at radius 3 is 2.73 bits per heavy atom. The largest absolute Gasteiger partial charge is 0.393 e. The minimum absolute atomic E-state index is 0.277. The number of rotatable bonds is 3. The second-order valence-corrected chi connectivity index (χ2v) is 4.01. The highest BCUT2D eigenvalue weighted by atomic mass is 16.3. The maximum absolute atomic E-state index is 9.44. The first kappa shape index (κ1) is 10.2. The van der Waals surface area contributed by atoms with Crippen molar-refractivity contribution in [2.75, 3.05) is 0 Å². The number of hydrogen-bond donors (Lipinski definition) is 1. The molecule has 0 amide bonds. The van der Waals surface area contributed by atoms with Gasteiger partial charge in [0.05, 0.1) is 6.10 Å². The first-order valence-corrected chi connectivity index (χ1v) is 5.47. The zero-order valence-electron chi connectivity index (χ0n) is 9.27. The molecule has 0 saturated carbocycles. The molecule has 0 aliphatic rings. The standard InChI is InChI=1S/C13H17NO/c1-3-14-9-11(8-10(2)15)12-6-4-5-7-13(12)14/h4-7,9-10,15H,3,8H2,1-2H3. The summed E-state index contributed by atoms with van der Waals surface area (Å²) < 4.78 is 2.23. The molecule has 0 bridgehead atoms. The van der Waals surface area contributed by atoms with Crippen molar-refractivity contribution in [1.29, 1.82) is 0 Å². The highest BCUT2D eigenvalue weighted by molar-refractivity contribution is 5.84. The Labute approximate surface area is 90.2 Å². The van der Waals surface area contributed by atoms with Crippen molar-refractivity contribution in [1.82, 2.24) is 4.57 Å². The molecule has 15 heavy (non-hydrogen) atoms. The minimum Gasteiger partial charge on any atom is -0.393 e. The number of hydrogen-bond acceptors (Lipinski definition) is 1. The molecular formula is C13H17NO. The van der Waals surface area contributed by atoms with E-state index in [1.165, 1.54) is 16.5 Å². The average Bonchev–Trinajstić information content (AvgIpc) is 2.56. The SMILES string of the molecule is CCn1cc(CC(C)O)c2ccccc21. The Balaban J connectivity index is 2.55. The molecule has 0 fully saturated rings. The van der Waals surface area contributed by atoms with Gasteiger partial charge in [-0.15, -0.1) is 0 Å². The molecule has 2 aromatic rings. The van der Waals surface area contributed by atoms with Gasteiger partial charge in [0.15, 0.2) is 0 Å². The van der Waals surface area contributed by atoms with Gasteiger partial charge in [0.2, 0.25) is 0 Å². The Morgan fingerprint density at radius 2 is 2.07 bits per heavy atom. The highest BCUT2D eigenvalue weighted by Gasteiger charge is 2.08. The van der Waals surface area contributed by atoms with E-state index in [0.29, 0.717) is 0 Å². The van der Waals surface area contributed by atoms with Gasteiger partial charge in [0, 0.05) is 30.1 Å². The summed E-state index contributed by atoms with van der Waals surface area (Å²) in [5.74, 6) is 0. The predicted molar refractivity (Wildman–Crippen MR) is 63.0 cm³/mol. The Kier molecular flexibility index (Phi) is 2.78. The van der Waals surface area contributed by atoms with Gasteiger partial charge in [-0.2, -0.15) is 0 Å². The van der Waals surface area contributed by atoms with E-state index >= 15 is 0 Å². The third kappa shape index (κ3) is 1.90. The first-order chi connectivity index (χ1) is 7.22. The molecule has 0 radical (unpaired) electrons. The topological polar surface area (TPSA) is 25.2 Å². The van der Waals surface area contributed by atoms with E-state index in [1.807, 2.05) is 13.0 Å². The third-order valence-corrected chi connectivity index (χ3v) is 2.73. The molecule has 0 aliphatic heterocycles. The van der Waals surface area contributed by atoms with Crippen LogP contribution in [0.5, 0.6) is 0 Å². The van der Waals surface area contributed by atoms with E-state index in [4.69, 9.17) is 0 Å². The Hall–Kier alpha value is -1.28. The quantitative estimate of drug-likeness (QED) is 0.815. The van der Waals surface area contributed by atoms with Crippen molar-refractivity contribution >= 4 is 10.9 Å². The molecule has 80 valence electrons. The van der Waals surface area contributed by atoms with Crippen LogP contribution in [0.1, 0.15) is 19.4 Å². The Morgan fingerprint density at radius 1 is 1.33 bits per heavy atom. The molecule has 0 aliphatic carbocycles. The van der Waals surface area contributed by atoms with Crippen LogP contribution in [0.15, 0.2) is 30.5 Å². The summed E-state index contributed by atoms with van der Waals surface area (Å²) in [6, 6.07) is 8.36. The zero-order valence-corrected chi connectivity index (χ0v) is 9.27. The van der Waals surface area contributed by atoms with Crippen LogP contribution in [0.25, 0.3) is 10.9 Å². The van der Waals surface area contributed by atoms with E-state index in [9.17, 15) is 5.11 Å². The lowest BCUT2D eigenvalue weighted by Crippen LogP contribution is -2.03. The normalized spacial score (nSPS) is 13.3. The molecule has 2 heteroatoms. The van der Waals surface area contributed by atoms with Gasteiger partial charge < -0.3 is 9.67 Å². The van der Waals surface area contributed by atoms with Gasteiger partial charge in [0.1, 0.15) is 0 Å². The zero-order chi connectivity index (χ0) is 10.8. The van der Waals surface area contributed by atoms with Gasteiger partial charge in [-0.05, 0) is 25.5 Å². The number of aliphatic hydroxyl groups is 1. The highest BCUT2D eigenvalue weighted by Crippen LogP contribution is 2.22. The maximum atomic E-state index is 9.44. The minimum atomic E-state index is -0.277. The molecule has 2 nitrogen and oxygen atoms in total. The van der Waals surface area contributed by atoms with Crippen molar-refractivity contribution in [3.63, 3.8) is 0 Å². The van der Waals surface area contributed by atoms with Crippen molar-refractivity contribution in [2.45, 2.75) is 32.9 Å². The number of benzene rings is 1. The summed E-state index contributed by atoms with van der Waals surface area (Å²) in [5, 5.41) is 10.7. The molecule has 0 spiro atoms. The van der Waals surface area contributed by atoms with Crippen LogP contribution in [0.4, 0.5) is 0 Å². The predicted octanol–water partition coefficient (Wildman–Crippen LogP) is 2.58. The molecule has 1 N–H and O–H groups in total. The average molecular weight is 203 g/mol. The number of fused-ring (bicyclic) bond motifs is 1. The number of para-hydroxylation sites is 1.